The van der Waals surface area contributed by atoms with Crippen molar-refractivity contribution in [3.05, 3.63) is 63.8 Å². The smallest absolute Gasteiger partial charge is 0.229 e. The molecule has 0 aromatic heterocycles. The molecule has 8 N–H and O–H groups in total. The Bertz CT molecular complexity index is 1420. The van der Waals surface area contributed by atoms with Crippen molar-refractivity contribution in [1.82, 2.24) is 0 Å². The van der Waals surface area contributed by atoms with Gasteiger partial charge in [0.05, 0.1) is 6.61 Å². The normalized spacial score (nSPS) is 26.7. The number of phenolic OH excluding ortho intramolecular Hbond substituents is 3. The molecule has 2 aliphatic rings. The van der Waals surface area contributed by atoms with Gasteiger partial charge in [-0.2, -0.15) is 0 Å². The first-order valence-electron chi connectivity index (χ1n) is 13.8. The molecule has 0 aliphatic carbocycles. The number of hydrogen-bond acceptors (Lipinski definition) is 12. The van der Waals surface area contributed by atoms with Gasteiger partial charge in [0.25, 0.3) is 0 Å². The molecular weight excluding hydrogens is 564 g/mol. The molecule has 0 spiro atoms. The Hall–Kier alpha value is -3.65. The monoisotopic (exact) mass is 602 g/mol. The second-order valence-corrected chi connectivity index (χ2v) is 11.3. The summed E-state index contributed by atoms with van der Waals surface area (Å²) in [5.74, 6) is -2.52. The summed E-state index contributed by atoms with van der Waals surface area (Å²) in [6, 6.07) is 3.77. The van der Waals surface area contributed by atoms with Gasteiger partial charge >= 0.3 is 0 Å². The van der Waals surface area contributed by atoms with Gasteiger partial charge in [0.1, 0.15) is 47.2 Å². The van der Waals surface area contributed by atoms with Crippen LogP contribution in [0.2, 0.25) is 0 Å². The third-order valence-corrected chi connectivity index (χ3v) is 7.42. The van der Waals surface area contributed by atoms with Gasteiger partial charge in [-0.25, -0.2) is 0 Å². The average Bonchev–Trinajstić information content (AvgIpc) is 2.95. The molecule has 0 saturated carbocycles. The van der Waals surface area contributed by atoms with Gasteiger partial charge in [-0.05, 0) is 58.2 Å². The maximum absolute atomic E-state index is 13.5. The molecule has 234 valence electrons. The number of rotatable bonds is 8. The summed E-state index contributed by atoms with van der Waals surface area (Å²) in [5.41, 5.74) is 2.28. The standard InChI is InChI=1S/C31H38O12/c1-13(2)5-7-15-9-16(10-19(34)23(15)35)29-27(39)25(37)22-18(33)11-20(17(30(22)43-29)8-6-14(3)4)41-31-28(40)26(38)24(36)21(12-32)42-31/h5-6,9-11,21,24,26-29,31-36,38-40H,7-8,12H2,1-4H3/t21-,24-,26+,27+,28-,29-,31-/m1/s1. The number of aromatic hydroxyl groups is 3. The minimum absolute atomic E-state index is 0.0977. The molecule has 43 heavy (non-hydrogen) atoms. The number of aliphatic hydroxyl groups is 5. The molecule has 12 heteroatoms. The molecular formula is C31H38O12. The SMILES string of the molecule is CC(C)=CCc1cc([C@H]2Oc3c(CC=C(C)C)c(O[C@@H]4O[C@H](CO)[C@@H](O)[C@H](O)[C@H]4O)cc(O)c3C(=O)[C@@H]2O)cc(O)c1O. The van der Waals surface area contributed by atoms with Crippen LogP contribution in [0.4, 0.5) is 0 Å². The maximum Gasteiger partial charge on any atom is 0.229 e. The number of carbonyl (C=O) groups is 1. The van der Waals surface area contributed by atoms with Crippen LogP contribution in [0.5, 0.6) is 28.7 Å². The lowest BCUT2D eigenvalue weighted by Crippen LogP contribution is -2.60. The minimum atomic E-state index is -1.79. The van der Waals surface area contributed by atoms with E-state index in [0.717, 1.165) is 17.2 Å². The molecule has 0 amide bonds. The zero-order valence-electron chi connectivity index (χ0n) is 24.3. The summed E-state index contributed by atoms with van der Waals surface area (Å²) in [5, 5.41) is 83.2. The van der Waals surface area contributed by atoms with Crippen LogP contribution in [0.15, 0.2) is 41.5 Å². The van der Waals surface area contributed by atoms with Crippen LogP contribution in [0.25, 0.3) is 0 Å². The van der Waals surface area contributed by atoms with E-state index in [1.165, 1.54) is 12.1 Å². The molecule has 2 aliphatic heterocycles. The lowest BCUT2D eigenvalue weighted by molar-refractivity contribution is -0.277. The Morgan fingerprint density at radius 2 is 1.53 bits per heavy atom. The number of carbonyl (C=O) groups excluding carboxylic acids is 1. The number of ketones is 1. The number of ether oxygens (including phenoxy) is 3. The molecule has 2 heterocycles. The van der Waals surface area contributed by atoms with Crippen LogP contribution < -0.4 is 9.47 Å². The minimum Gasteiger partial charge on any atom is -0.507 e. The highest BCUT2D eigenvalue weighted by Gasteiger charge is 2.46. The van der Waals surface area contributed by atoms with E-state index < -0.39 is 66.8 Å². The van der Waals surface area contributed by atoms with Crippen LogP contribution in [0.3, 0.4) is 0 Å². The van der Waals surface area contributed by atoms with Crippen molar-refractivity contribution in [3.8, 4) is 28.7 Å². The summed E-state index contributed by atoms with van der Waals surface area (Å²) in [6.45, 7) is 6.72. The van der Waals surface area contributed by atoms with E-state index in [1.54, 1.807) is 6.08 Å². The molecule has 0 bridgehead atoms. The van der Waals surface area contributed by atoms with Crippen molar-refractivity contribution in [2.75, 3.05) is 6.61 Å². The van der Waals surface area contributed by atoms with Crippen molar-refractivity contribution < 1.29 is 59.9 Å². The summed E-state index contributed by atoms with van der Waals surface area (Å²) < 4.78 is 17.5. The zero-order chi connectivity index (χ0) is 31.7. The van der Waals surface area contributed by atoms with Gasteiger partial charge in [-0.1, -0.05) is 23.3 Å². The summed E-state index contributed by atoms with van der Waals surface area (Å²) in [6.07, 6.45) is -7.11. The number of hydrogen-bond donors (Lipinski definition) is 8. The van der Waals surface area contributed by atoms with Gasteiger partial charge in [0.15, 0.2) is 23.7 Å². The first kappa shape index (κ1) is 32.3. The third kappa shape index (κ3) is 6.49. The fraction of sp³-hybridized carbons (Fsp3) is 0.452. The van der Waals surface area contributed by atoms with E-state index in [-0.39, 0.29) is 46.8 Å². The van der Waals surface area contributed by atoms with Gasteiger partial charge in [0, 0.05) is 17.2 Å². The molecule has 7 atom stereocenters. The average molecular weight is 603 g/mol. The molecule has 0 unspecified atom stereocenters. The van der Waals surface area contributed by atoms with Crippen molar-refractivity contribution in [2.24, 2.45) is 0 Å². The Morgan fingerprint density at radius 3 is 2.16 bits per heavy atom. The van der Waals surface area contributed by atoms with E-state index in [1.807, 2.05) is 33.8 Å². The van der Waals surface area contributed by atoms with E-state index in [4.69, 9.17) is 14.2 Å². The molecule has 12 nitrogen and oxygen atoms in total. The molecule has 0 radical (unpaired) electrons. The largest absolute Gasteiger partial charge is 0.507 e. The number of benzene rings is 2. The quantitative estimate of drug-likeness (QED) is 0.160. The van der Waals surface area contributed by atoms with Gasteiger partial charge in [0.2, 0.25) is 12.1 Å². The second-order valence-electron chi connectivity index (χ2n) is 11.3. The number of allylic oxidation sites excluding steroid dienone is 4. The number of phenols is 3. The second kappa shape index (κ2) is 12.9. The summed E-state index contributed by atoms with van der Waals surface area (Å²) in [7, 11) is 0. The van der Waals surface area contributed by atoms with E-state index in [2.05, 4.69) is 0 Å². The van der Waals surface area contributed by atoms with Crippen molar-refractivity contribution >= 4 is 5.78 Å². The Kier molecular flexibility index (Phi) is 9.70. The lowest BCUT2D eigenvalue weighted by Gasteiger charge is -2.40. The van der Waals surface area contributed by atoms with E-state index in [9.17, 15) is 45.6 Å². The first-order valence-corrected chi connectivity index (χ1v) is 13.8. The maximum atomic E-state index is 13.5. The fourth-order valence-corrected chi connectivity index (χ4v) is 4.99. The predicted octanol–water partition coefficient (Wildman–Crippen LogP) is 1.68. The highest BCUT2D eigenvalue weighted by atomic mass is 16.7. The topological polar surface area (TPSA) is 207 Å². The number of Topliss-reactive ketones (excluding diaryl/α,β-unsaturated/α-hetero) is 1. The Labute approximate surface area is 248 Å². The highest BCUT2D eigenvalue weighted by Crippen LogP contribution is 2.47. The number of fused-ring (bicyclic) bond motifs is 1. The highest BCUT2D eigenvalue weighted by molar-refractivity contribution is 6.06. The predicted molar refractivity (Wildman–Crippen MR) is 152 cm³/mol. The molecule has 1 fully saturated rings. The first-order chi connectivity index (χ1) is 20.2. The van der Waals surface area contributed by atoms with Crippen LogP contribution in [0, 0.1) is 0 Å². The van der Waals surface area contributed by atoms with Crippen LogP contribution in [0.1, 0.15) is 60.8 Å². The van der Waals surface area contributed by atoms with Crippen LogP contribution in [-0.4, -0.2) is 90.1 Å². The van der Waals surface area contributed by atoms with Gasteiger partial charge in [-0.15, -0.1) is 0 Å². The third-order valence-electron chi connectivity index (χ3n) is 7.42. The molecule has 4 rings (SSSR count). The number of aliphatic hydroxyl groups excluding tert-OH is 5. The molecule has 1 saturated heterocycles. The van der Waals surface area contributed by atoms with Gasteiger partial charge < -0.3 is 55.1 Å². The van der Waals surface area contributed by atoms with Gasteiger partial charge in [-0.3, -0.25) is 4.79 Å². The lowest BCUT2D eigenvalue weighted by atomic mass is 9.89. The van der Waals surface area contributed by atoms with Crippen molar-refractivity contribution in [3.63, 3.8) is 0 Å². The Morgan fingerprint density at radius 1 is 0.884 bits per heavy atom. The van der Waals surface area contributed by atoms with E-state index >= 15 is 0 Å². The van der Waals surface area contributed by atoms with Crippen LogP contribution in [-0.2, 0) is 17.6 Å². The molecule has 2 aromatic carbocycles. The van der Waals surface area contributed by atoms with Crippen molar-refractivity contribution in [1.29, 1.82) is 0 Å². The summed E-state index contributed by atoms with van der Waals surface area (Å²) in [4.78, 5) is 13.5. The van der Waals surface area contributed by atoms with Crippen LogP contribution >= 0.6 is 0 Å². The van der Waals surface area contributed by atoms with Crippen molar-refractivity contribution in [2.45, 2.75) is 83.5 Å². The fourth-order valence-electron chi connectivity index (χ4n) is 4.99. The van der Waals surface area contributed by atoms with E-state index in [0.29, 0.717) is 5.56 Å². The zero-order valence-corrected chi connectivity index (χ0v) is 24.3. The Balaban J connectivity index is 1.82. The molecule has 2 aromatic rings. The summed E-state index contributed by atoms with van der Waals surface area (Å²) >= 11 is 0.